The maximum Gasteiger partial charge on any atom is 0.227 e. The van der Waals surface area contributed by atoms with E-state index < -0.39 is 0 Å². The molecule has 1 amide bonds. The van der Waals surface area contributed by atoms with Gasteiger partial charge in [-0.15, -0.1) is 0 Å². The third-order valence-electron chi connectivity index (χ3n) is 4.26. The summed E-state index contributed by atoms with van der Waals surface area (Å²) in [6, 6.07) is 18.5. The van der Waals surface area contributed by atoms with Gasteiger partial charge in [0.05, 0.1) is 12.0 Å². The number of hydrogen-bond donors (Lipinski definition) is 0. The van der Waals surface area contributed by atoms with E-state index in [1.54, 1.807) is 0 Å². The quantitative estimate of drug-likeness (QED) is 0.763. The third-order valence-corrected chi connectivity index (χ3v) is 4.26. The second kappa shape index (κ2) is 4.23. The summed E-state index contributed by atoms with van der Waals surface area (Å²) < 4.78 is 0. The lowest BCUT2D eigenvalue weighted by Crippen LogP contribution is -2.50. The first-order valence-electron chi connectivity index (χ1n) is 6.54. The lowest BCUT2D eigenvalue weighted by molar-refractivity contribution is -0.134. The predicted octanol–water partition coefficient (Wildman–Crippen LogP) is 2.96. The van der Waals surface area contributed by atoms with Crippen molar-refractivity contribution >= 4 is 5.91 Å². The summed E-state index contributed by atoms with van der Waals surface area (Å²) in [6.45, 7) is 2.12. The van der Waals surface area contributed by atoms with Crippen LogP contribution in [0.2, 0.25) is 0 Å². The minimum atomic E-state index is -0.382. The molecule has 19 heavy (non-hydrogen) atoms. The van der Waals surface area contributed by atoms with E-state index in [-0.39, 0.29) is 11.4 Å². The summed E-state index contributed by atoms with van der Waals surface area (Å²) in [4.78, 5) is 14.1. The zero-order chi connectivity index (χ0) is 13.5. The number of carbonyl (C=O) groups is 1. The maximum absolute atomic E-state index is 12.3. The first-order valence-corrected chi connectivity index (χ1v) is 6.54. The molecule has 0 radical (unpaired) electrons. The molecular formula is C17H17NO. The molecule has 1 atom stereocenters. The van der Waals surface area contributed by atoms with Crippen molar-refractivity contribution in [1.29, 1.82) is 0 Å². The van der Waals surface area contributed by atoms with Crippen molar-refractivity contribution in [2.24, 2.45) is 0 Å². The molecule has 0 bridgehead atoms. The predicted molar refractivity (Wildman–Crippen MR) is 75.8 cm³/mol. The molecule has 0 spiro atoms. The van der Waals surface area contributed by atoms with E-state index in [2.05, 4.69) is 31.2 Å². The Hall–Kier alpha value is -2.09. The number of nitrogens with zero attached hydrogens (tertiary/aromatic N) is 1. The molecular weight excluding hydrogens is 234 g/mol. The normalized spacial score (nSPS) is 22.2. The van der Waals surface area contributed by atoms with Crippen LogP contribution in [-0.2, 0) is 16.8 Å². The van der Waals surface area contributed by atoms with Gasteiger partial charge in [-0.1, -0.05) is 54.6 Å². The fourth-order valence-corrected chi connectivity index (χ4v) is 2.97. The summed E-state index contributed by atoms with van der Waals surface area (Å²) in [5.41, 5.74) is 3.13. The van der Waals surface area contributed by atoms with Gasteiger partial charge in [-0.2, -0.15) is 0 Å². The number of hydrogen-bond acceptors (Lipinski definition) is 1. The second-order valence-electron chi connectivity index (χ2n) is 5.22. The summed E-state index contributed by atoms with van der Waals surface area (Å²) in [5, 5.41) is 0. The van der Waals surface area contributed by atoms with Crippen molar-refractivity contribution in [2.75, 3.05) is 7.05 Å². The van der Waals surface area contributed by atoms with Gasteiger partial charge in [-0.25, -0.2) is 0 Å². The first-order chi connectivity index (χ1) is 9.14. The molecule has 2 aromatic rings. The van der Waals surface area contributed by atoms with Crippen molar-refractivity contribution in [2.45, 2.75) is 18.9 Å². The Morgan fingerprint density at radius 1 is 1.00 bits per heavy atom. The molecule has 1 aliphatic heterocycles. The standard InChI is InChI=1S/C17H17NO/c1-17(14-9-4-3-5-10-14)15-11-7-6-8-13(15)12-16(19)18(17)2/h3-11H,12H2,1-2H3. The van der Waals surface area contributed by atoms with Gasteiger partial charge in [-0.05, 0) is 23.6 Å². The largest absolute Gasteiger partial charge is 0.332 e. The molecule has 0 saturated carbocycles. The average Bonchev–Trinajstić information content (AvgIpc) is 2.46. The van der Waals surface area contributed by atoms with Crippen LogP contribution in [0, 0.1) is 0 Å². The van der Waals surface area contributed by atoms with Gasteiger partial charge in [0.1, 0.15) is 0 Å². The van der Waals surface area contributed by atoms with Crippen molar-refractivity contribution in [1.82, 2.24) is 4.90 Å². The lowest BCUT2D eigenvalue weighted by Gasteiger charge is -2.44. The van der Waals surface area contributed by atoms with Crippen LogP contribution < -0.4 is 0 Å². The van der Waals surface area contributed by atoms with Crippen LogP contribution in [0.25, 0.3) is 0 Å². The van der Waals surface area contributed by atoms with Crippen LogP contribution in [-0.4, -0.2) is 17.9 Å². The molecule has 96 valence electrons. The van der Waals surface area contributed by atoms with Crippen molar-refractivity contribution in [3.8, 4) is 0 Å². The van der Waals surface area contributed by atoms with Crippen LogP contribution in [0.4, 0.5) is 0 Å². The van der Waals surface area contributed by atoms with Crippen LogP contribution in [0.1, 0.15) is 23.6 Å². The molecule has 0 saturated heterocycles. The van der Waals surface area contributed by atoms with E-state index >= 15 is 0 Å². The van der Waals surface area contributed by atoms with Gasteiger partial charge in [-0.3, -0.25) is 4.79 Å². The monoisotopic (exact) mass is 251 g/mol. The number of benzene rings is 2. The number of likely N-dealkylation sites (N-methyl/N-ethyl adjacent to an activating group) is 1. The Morgan fingerprint density at radius 2 is 1.63 bits per heavy atom. The highest BCUT2D eigenvalue weighted by Gasteiger charge is 2.41. The zero-order valence-electron chi connectivity index (χ0n) is 11.3. The number of fused-ring (bicyclic) bond motifs is 1. The van der Waals surface area contributed by atoms with Crippen LogP contribution in [0.3, 0.4) is 0 Å². The highest BCUT2D eigenvalue weighted by Crippen LogP contribution is 2.40. The molecule has 0 aliphatic carbocycles. The summed E-state index contributed by atoms with van der Waals surface area (Å²) in [6.07, 6.45) is 0.495. The Kier molecular flexibility index (Phi) is 2.67. The fourth-order valence-electron chi connectivity index (χ4n) is 2.97. The lowest BCUT2D eigenvalue weighted by atomic mass is 9.77. The number of carbonyl (C=O) groups excluding carboxylic acids is 1. The molecule has 0 aromatic heterocycles. The van der Waals surface area contributed by atoms with E-state index in [1.807, 2.05) is 42.3 Å². The molecule has 2 nitrogen and oxygen atoms in total. The molecule has 2 heteroatoms. The Balaban J connectivity index is 2.26. The minimum absolute atomic E-state index is 0.171. The average molecular weight is 251 g/mol. The van der Waals surface area contributed by atoms with Crippen molar-refractivity contribution < 1.29 is 4.79 Å². The maximum atomic E-state index is 12.3. The third kappa shape index (κ3) is 1.67. The second-order valence-corrected chi connectivity index (χ2v) is 5.22. The van der Waals surface area contributed by atoms with Gasteiger partial charge in [0.25, 0.3) is 0 Å². The van der Waals surface area contributed by atoms with E-state index in [4.69, 9.17) is 0 Å². The highest BCUT2D eigenvalue weighted by atomic mass is 16.2. The molecule has 3 rings (SSSR count). The molecule has 1 heterocycles. The molecule has 2 aromatic carbocycles. The van der Waals surface area contributed by atoms with E-state index in [1.165, 1.54) is 5.56 Å². The first kappa shape index (κ1) is 12.0. The van der Waals surface area contributed by atoms with Crippen molar-refractivity contribution in [3.05, 3.63) is 71.3 Å². The topological polar surface area (TPSA) is 20.3 Å². The van der Waals surface area contributed by atoms with Gasteiger partial charge in [0.15, 0.2) is 0 Å². The Morgan fingerprint density at radius 3 is 2.37 bits per heavy atom. The smallest absolute Gasteiger partial charge is 0.227 e. The number of amides is 1. The Bertz CT molecular complexity index is 620. The number of rotatable bonds is 1. The van der Waals surface area contributed by atoms with Gasteiger partial charge < -0.3 is 4.90 Å². The van der Waals surface area contributed by atoms with Crippen LogP contribution in [0.15, 0.2) is 54.6 Å². The fraction of sp³-hybridized carbons (Fsp3) is 0.235. The zero-order valence-corrected chi connectivity index (χ0v) is 11.3. The van der Waals surface area contributed by atoms with Crippen LogP contribution >= 0.6 is 0 Å². The van der Waals surface area contributed by atoms with Gasteiger partial charge in [0, 0.05) is 7.05 Å². The van der Waals surface area contributed by atoms with Crippen LogP contribution in [0.5, 0.6) is 0 Å². The molecule has 1 aliphatic rings. The molecule has 1 unspecified atom stereocenters. The highest BCUT2D eigenvalue weighted by molar-refractivity contribution is 5.83. The van der Waals surface area contributed by atoms with Gasteiger partial charge >= 0.3 is 0 Å². The molecule has 0 fully saturated rings. The minimum Gasteiger partial charge on any atom is -0.332 e. The van der Waals surface area contributed by atoms with E-state index in [0.29, 0.717) is 6.42 Å². The van der Waals surface area contributed by atoms with E-state index in [0.717, 1.165) is 11.1 Å². The van der Waals surface area contributed by atoms with E-state index in [9.17, 15) is 4.79 Å². The van der Waals surface area contributed by atoms with Gasteiger partial charge in [0.2, 0.25) is 5.91 Å². The molecule has 0 N–H and O–H groups in total. The van der Waals surface area contributed by atoms with Crippen molar-refractivity contribution in [3.63, 3.8) is 0 Å². The Labute approximate surface area is 113 Å². The SMILES string of the molecule is CN1C(=O)Cc2ccccc2C1(C)c1ccccc1. The summed E-state index contributed by atoms with van der Waals surface area (Å²) >= 11 is 0. The summed E-state index contributed by atoms with van der Waals surface area (Å²) in [5.74, 6) is 0.171. The summed E-state index contributed by atoms with van der Waals surface area (Å²) in [7, 11) is 1.89.